The summed E-state index contributed by atoms with van der Waals surface area (Å²) >= 11 is 0. The number of Topliss-reactive ketones (excluding diaryl/α,β-unsaturated/α-hetero) is 3. The lowest BCUT2D eigenvalue weighted by molar-refractivity contribution is -0.118. The van der Waals surface area contributed by atoms with Crippen LogP contribution in [-0.2, 0) is 33.6 Å². The van der Waals surface area contributed by atoms with Gasteiger partial charge in [0.1, 0.15) is 5.69 Å². The topological polar surface area (TPSA) is 189 Å². The average molecular weight is 1240 g/mol. The molecule has 18 heteroatoms. The summed E-state index contributed by atoms with van der Waals surface area (Å²) in [7, 11) is 5.32. The van der Waals surface area contributed by atoms with E-state index in [1.807, 2.05) is 127 Å². The molecule has 3 amide bonds. The van der Waals surface area contributed by atoms with Crippen LogP contribution in [0.4, 0.5) is 30.2 Å². The Morgan fingerprint density at radius 1 is 0.402 bits per heavy atom. The summed E-state index contributed by atoms with van der Waals surface area (Å²) in [6, 6.07) is 37.5. The summed E-state index contributed by atoms with van der Waals surface area (Å²) in [6.45, 7) is 15.1. The van der Waals surface area contributed by atoms with Crippen LogP contribution in [0, 0.1) is 52.5 Å². The normalized spacial score (nSPS) is 10.7. The summed E-state index contributed by atoms with van der Waals surface area (Å²) in [5.41, 5.74) is 15.9. The van der Waals surface area contributed by atoms with Crippen LogP contribution in [0.25, 0.3) is 33.6 Å². The summed E-state index contributed by atoms with van der Waals surface area (Å²) < 4.78 is 39.6. The number of halogens is 3. The molecule has 9 rings (SSSR count). The minimum atomic E-state index is -0.897. The van der Waals surface area contributed by atoms with E-state index >= 15 is 0 Å². The summed E-state index contributed by atoms with van der Waals surface area (Å²) in [5, 5.41) is 0. The Hall–Kier alpha value is -10.2. The third kappa shape index (κ3) is 18.2. The SMILES string of the molecule is CCC(=O)N(C)c1ccc(-c2ccc(C(=O)CCc3ccc(F)nc3C)cn2)cc1C.CCC(=O)N(C)c1ccc(-c2ccc(C(=O)CCc3ccc(F)nc3F)cn2)cc1C.CCC(=O)N(C)c1ccc(-c2ccc(C(=O)CCc3cccnc3C)nc2)cc1C. The van der Waals surface area contributed by atoms with Gasteiger partial charge in [0.2, 0.25) is 35.6 Å². The lowest BCUT2D eigenvalue weighted by Crippen LogP contribution is -2.25. The van der Waals surface area contributed by atoms with Gasteiger partial charge in [-0.1, -0.05) is 57.2 Å². The molecule has 0 radical (unpaired) electrons. The van der Waals surface area contributed by atoms with E-state index < -0.39 is 17.8 Å². The van der Waals surface area contributed by atoms with Crippen molar-refractivity contribution in [3.8, 4) is 33.6 Å². The third-order valence-corrected chi connectivity index (χ3v) is 15.9. The van der Waals surface area contributed by atoms with Crippen LogP contribution in [0.5, 0.6) is 0 Å². The molecule has 0 saturated heterocycles. The Kier molecular flexibility index (Phi) is 24.5. The van der Waals surface area contributed by atoms with E-state index in [0.29, 0.717) is 73.2 Å². The highest BCUT2D eigenvalue weighted by atomic mass is 19.1. The van der Waals surface area contributed by atoms with Crippen molar-refractivity contribution in [1.29, 1.82) is 0 Å². The number of carbonyl (C=O) groups excluding carboxylic acids is 6. The minimum Gasteiger partial charge on any atom is -0.315 e. The van der Waals surface area contributed by atoms with Crippen molar-refractivity contribution in [2.24, 2.45) is 0 Å². The fourth-order valence-corrected chi connectivity index (χ4v) is 10.3. The second kappa shape index (κ2) is 32.5. The van der Waals surface area contributed by atoms with E-state index in [1.54, 1.807) is 91.7 Å². The monoisotopic (exact) mass is 1240 g/mol. The van der Waals surface area contributed by atoms with Gasteiger partial charge in [-0.3, -0.25) is 48.7 Å². The molecule has 6 heterocycles. The van der Waals surface area contributed by atoms with Gasteiger partial charge in [0.25, 0.3) is 0 Å². The molecule has 0 atom stereocenters. The number of rotatable bonds is 21. The van der Waals surface area contributed by atoms with Gasteiger partial charge in [0.05, 0.1) is 11.4 Å². The fraction of sp³-hybridized carbons (Fsp3) is 0.270. The molecule has 9 aromatic rings. The third-order valence-electron chi connectivity index (χ3n) is 15.9. The molecule has 0 aliphatic carbocycles. The van der Waals surface area contributed by atoms with Crippen LogP contribution in [0.2, 0.25) is 0 Å². The molecular weight excluding hydrogens is 1170 g/mol. The highest BCUT2D eigenvalue weighted by Crippen LogP contribution is 2.30. The van der Waals surface area contributed by atoms with E-state index in [9.17, 15) is 41.9 Å². The first-order chi connectivity index (χ1) is 44.0. The molecule has 0 bridgehead atoms. The molecule has 0 N–H and O–H groups in total. The van der Waals surface area contributed by atoms with Crippen molar-refractivity contribution in [3.05, 3.63) is 232 Å². The Morgan fingerprint density at radius 3 is 1.24 bits per heavy atom. The number of pyridine rings is 6. The molecule has 0 unspecified atom stereocenters. The highest BCUT2D eigenvalue weighted by molar-refractivity contribution is 5.98. The van der Waals surface area contributed by atoms with E-state index in [1.165, 1.54) is 18.3 Å². The van der Waals surface area contributed by atoms with Gasteiger partial charge in [0, 0.05) is 146 Å². The zero-order valence-corrected chi connectivity index (χ0v) is 53.9. The highest BCUT2D eigenvalue weighted by Gasteiger charge is 2.18. The van der Waals surface area contributed by atoms with Crippen molar-refractivity contribution in [2.45, 2.75) is 113 Å². The van der Waals surface area contributed by atoms with Gasteiger partial charge in [-0.25, -0.2) is 4.98 Å². The number of hydrogen-bond donors (Lipinski definition) is 0. The predicted molar refractivity (Wildman–Crippen MR) is 354 cm³/mol. The molecule has 0 saturated carbocycles. The molecule has 0 aliphatic heterocycles. The maximum absolute atomic E-state index is 13.6. The van der Waals surface area contributed by atoms with Gasteiger partial charge in [-0.2, -0.15) is 18.2 Å². The van der Waals surface area contributed by atoms with Gasteiger partial charge >= 0.3 is 0 Å². The van der Waals surface area contributed by atoms with Gasteiger partial charge in [-0.15, -0.1) is 0 Å². The lowest BCUT2D eigenvalue weighted by Gasteiger charge is -2.19. The molecule has 15 nitrogen and oxygen atoms in total. The van der Waals surface area contributed by atoms with Crippen LogP contribution in [0.15, 0.2) is 152 Å². The number of aryl methyl sites for hydroxylation is 8. The summed E-state index contributed by atoms with van der Waals surface area (Å²) in [4.78, 5) is 103. The van der Waals surface area contributed by atoms with Crippen molar-refractivity contribution in [1.82, 2.24) is 29.9 Å². The van der Waals surface area contributed by atoms with E-state index in [-0.39, 0.29) is 53.5 Å². The van der Waals surface area contributed by atoms with Crippen molar-refractivity contribution in [2.75, 3.05) is 35.8 Å². The summed E-state index contributed by atoms with van der Waals surface area (Å²) in [6.07, 6.45) is 10.00. The maximum atomic E-state index is 13.6. The van der Waals surface area contributed by atoms with Crippen LogP contribution in [-0.4, -0.2) is 86.1 Å². The zero-order valence-electron chi connectivity index (χ0n) is 53.9. The number of benzene rings is 3. The Balaban J connectivity index is 0.000000196. The van der Waals surface area contributed by atoms with Crippen molar-refractivity contribution in [3.63, 3.8) is 0 Å². The molecule has 0 aliphatic rings. The molecule has 3 aromatic carbocycles. The minimum absolute atomic E-state index is 0.0194. The van der Waals surface area contributed by atoms with Gasteiger partial charge < -0.3 is 14.7 Å². The standard InChI is InChI=1S/C25H26FN3O2.C25H27N3O2.C24H23F2N3O2/c1-5-25(31)29(4)22-11-7-19(14-16(22)2)21-10-6-20(15-27-21)23(30)12-8-18-9-13-24(26)28-17(18)3;1-5-25(30)28(4)23-12-9-20(15-17(23)2)21-8-11-22(27-16-21)24(29)13-10-19-7-6-14-26-18(19)3;1-4-23(31)29(3)20-10-6-17(13-15(20)2)19-9-5-18(14-27-19)21(30)11-7-16-8-12-22(25)28-24(16)26/h6-7,9-11,13-15H,5,8,12H2,1-4H3;6-9,11-12,14-16H,5,10,13H2,1-4H3;5-6,8-10,12-14H,4,7,11H2,1-3H3. The number of carbonyl (C=O) groups is 6. The predicted octanol–water partition coefficient (Wildman–Crippen LogP) is 15.0. The number of nitrogens with zero attached hydrogens (tertiary/aromatic N) is 9. The number of aromatic nitrogens is 6. The fourth-order valence-electron chi connectivity index (χ4n) is 10.3. The first kappa shape index (κ1) is 69.2. The Labute approximate surface area is 535 Å². The second-order valence-corrected chi connectivity index (χ2v) is 22.2. The number of anilines is 3. The lowest BCUT2D eigenvalue weighted by atomic mass is 10.0. The maximum Gasteiger partial charge on any atom is 0.226 e. The van der Waals surface area contributed by atoms with E-state index in [0.717, 1.165) is 84.6 Å². The molecular formula is C74H76F3N9O6. The molecule has 0 spiro atoms. The molecule has 474 valence electrons. The number of hydrogen-bond acceptors (Lipinski definition) is 12. The molecule has 0 fully saturated rings. The van der Waals surface area contributed by atoms with Crippen molar-refractivity contribution >= 4 is 52.1 Å². The first-order valence-electron chi connectivity index (χ1n) is 30.4. The Morgan fingerprint density at radius 2 is 0.826 bits per heavy atom. The van der Waals surface area contributed by atoms with Gasteiger partial charge in [-0.05, 0) is 178 Å². The van der Waals surface area contributed by atoms with Crippen LogP contribution in [0.3, 0.4) is 0 Å². The second-order valence-electron chi connectivity index (χ2n) is 22.2. The first-order valence-corrected chi connectivity index (χ1v) is 30.4. The smallest absolute Gasteiger partial charge is 0.226 e. The van der Waals surface area contributed by atoms with Crippen LogP contribution < -0.4 is 14.7 Å². The number of amides is 3. The molecule has 6 aromatic heterocycles. The summed E-state index contributed by atoms with van der Waals surface area (Å²) in [5.74, 6) is -2.31. The van der Waals surface area contributed by atoms with Crippen LogP contribution >= 0.6 is 0 Å². The average Bonchev–Trinajstić information content (AvgIpc) is 0.880. The number of ketones is 3. The van der Waals surface area contributed by atoms with Crippen LogP contribution in [0.1, 0.15) is 135 Å². The Bertz CT molecular complexity index is 3950. The zero-order chi connectivity index (χ0) is 66.8. The largest absolute Gasteiger partial charge is 0.315 e. The van der Waals surface area contributed by atoms with E-state index in [2.05, 4.69) is 29.9 Å². The molecule has 92 heavy (non-hydrogen) atoms. The van der Waals surface area contributed by atoms with Gasteiger partial charge in [0.15, 0.2) is 17.3 Å². The van der Waals surface area contributed by atoms with Crippen molar-refractivity contribution < 1.29 is 41.9 Å². The quantitative estimate of drug-likeness (QED) is 0.0490. The van der Waals surface area contributed by atoms with E-state index in [4.69, 9.17) is 0 Å².